The third-order valence-corrected chi connectivity index (χ3v) is 3.97. The van der Waals surface area contributed by atoms with E-state index in [0.717, 1.165) is 13.0 Å². The molecule has 0 fully saturated rings. The summed E-state index contributed by atoms with van der Waals surface area (Å²) in [5, 5.41) is 15.4. The Bertz CT molecular complexity index is 482. The molecule has 0 amide bonds. The van der Waals surface area contributed by atoms with Crippen molar-refractivity contribution in [2.24, 2.45) is 10.9 Å². The molecule has 1 aromatic rings. The molecule has 4 heteroatoms. The second kappa shape index (κ2) is 8.47. The number of nitrogens with zero attached hydrogens (tertiary/aromatic N) is 1. The molecule has 21 heavy (non-hydrogen) atoms. The Morgan fingerprint density at radius 1 is 1.29 bits per heavy atom. The van der Waals surface area contributed by atoms with Crippen molar-refractivity contribution in [3.8, 4) is 0 Å². The van der Waals surface area contributed by atoms with E-state index >= 15 is 0 Å². The number of oxime groups is 1. The van der Waals surface area contributed by atoms with Gasteiger partial charge >= 0.3 is 0 Å². The van der Waals surface area contributed by atoms with Gasteiger partial charge in [0.15, 0.2) is 0 Å². The number of amidine groups is 1. The van der Waals surface area contributed by atoms with Crippen molar-refractivity contribution in [2.75, 3.05) is 6.54 Å². The van der Waals surface area contributed by atoms with Gasteiger partial charge in [0, 0.05) is 12.5 Å². The Labute approximate surface area is 126 Å². The molecule has 0 heterocycles. The van der Waals surface area contributed by atoms with Crippen LogP contribution in [-0.4, -0.2) is 17.6 Å². The van der Waals surface area contributed by atoms with Gasteiger partial charge in [-0.3, -0.25) is 0 Å². The largest absolute Gasteiger partial charge is 0.409 e. The SMILES string of the molecule is NC(CC(NCCC1=CCCCC1)c1ccccc1)=NO. The van der Waals surface area contributed by atoms with Crippen molar-refractivity contribution in [1.82, 2.24) is 5.32 Å². The standard InChI is InChI=1S/C17H25N3O/c18-17(20-21)13-16(15-9-5-2-6-10-15)19-12-11-14-7-3-1-4-8-14/h2,5-7,9-10,16,19,21H,1,3-4,8,11-13H2,(H2,18,20). The summed E-state index contributed by atoms with van der Waals surface area (Å²) in [6, 6.07) is 10.3. The Balaban J connectivity index is 1.91. The molecule has 0 spiro atoms. The van der Waals surface area contributed by atoms with Crippen LogP contribution in [0.4, 0.5) is 0 Å². The fourth-order valence-corrected chi connectivity index (χ4v) is 2.78. The summed E-state index contributed by atoms with van der Waals surface area (Å²) in [4.78, 5) is 0. The third-order valence-electron chi connectivity index (χ3n) is 3.97. The average molecular weight is 287 g/mol. The third kappa shape index (κ3) is 5.23. The van der Waals surface area contributed by atoms with Crippen molar-refractivity contribution in [3.05, 3.63) is 47.5 Å². The predicted octanol–water partition coefficient (Wildman–Crippen LogP) is 3.34. The summed E-state index contributed by atoms with van der Waals surface area (Å²) >= 11 is 0. The van der Waals surface area contributed by atoms with Crippen molar-refractivity contribution < 1.29 is 5.21 Å². The molecule has 0 bridgehead atoms. The van der Waals surface area contributed by atoms with Crippen molar-refractivity contribution in [3.63, 3.8) is 0 Å². The van der Waals surface area contributed by atoms with Gasteiger partial charge in [0.05, 0.1) is 0 Å². The molecule has 1 aromatic carbocycles. The van der Waals surface area contributed by atoms with Crippen LogP contribution in [0.25, 0.3) is 0 Å². The molecule has 114 valence electrons. The molecule has 0 saturated carbocycles. The van der Waals surface area contributed by atoms with Crippen LogP contribution in [0.5, 0.6) is 0 Å². The highest BCUT2D eigenvalue weighted by Gasteiger charge is 2.13. The molecular weight excluding hydrogens is 262 g/mol. The number of hydrogen-bond acceptors (Lipinski definition) is 3. The van der Waals surface area contributed by atoms with Gasteiger partial charge in [-0.15, -0.1) is 0 Å². The smallest absolute Gasteiger partial charge is 0.141 e. The fourth-order valence-electron chi connectivity index (χ4n) is 2.78. The molecular formula is C17H25N3O. The van der Waals surface area contributed by atoms with Gasteiger partial charge in [-0.2, -0.15) is 0 Å². The van der Waals surface area contributed by atoms with Gasteiger partial charge < -0.3 is 16.3 Å². The lowest BCUT2D eigenvalue weighted by Gasteiger charge is -2.20. The molecule has 1 aliphatic carbocycles. The molecule has 0 saturated heterocycles. The maximum Gasteiger partial charge on any atom is 0.141 e. The lowest BCUT2D eigenvalue weighted by atomic mass is 9.97. The highest BCUT2D eigenvalue weighted by molar-refractivity contribution is 5.80. The van der Waals surface area contributed by atoms with Crippen LogP contribution in [0.3, 0.4) is 0 Å². The topological polar surface area (TPSA) is 70.6 Å². The van der Waals surface area contributed by atoms with Gasteiger partial charge in [0.1, 0.15) is 5.84 Å². The Kier molecular flexibility index (Phi) is 6.28. The zero-order valence-electron chi connectivity index (χ0n) is 12.5. The number of benzene rings is 1. The molecule has 1 aliphatic rings. The van der Waals surface area contributed by atoms with E-state index in [2.05, 4.69) is 28.7 Å². The van der Waals surface area contributed by atoms with Crippen LogP contribution < -0.4 is 11.1 Å². The van der Waals surface area contributed by atoms with Crippen LogP contribution in [-0.2, 0) is 0 Å². The fraction of sp³-hybridized carbons (Fsp3) is 0.471. The summed E-state index contributed by atoms with van der Waals surface area (Å²) in [7, 11) is 0. The normalized spacial score (nSPS) is 17.3. The molecule has 2 rings (SSSR count). The minimum atomic E-state index is 0.0892. The number of hydrogen-bond donors (Lipinski definition) is 3. The monoisotopic (exact) mass is 287 g/mol. The first kappa shape index (κ1) is 15.6. The van der Waals surface area contributed by atoms with Crippen LogP contribution in [0.2, 0.25) is 0 Å². The quantitative estimate of drug-likeness (QED) is 0.237. The van der Waals surface area contributed by atoms with Gasteiger partial charge in [-0.1, -0.05) is 47.1 Å². The van der Waals surface area contributed by atoms with Crippen molar-refractivity contribution in [1.29, 1.82) is 0 Å². The Hall–Kier alpha value is -1.81. The number of allylic oxidation sites excluding steroid dienone is 1. The minimum absolute atomic E-state index is 0.0892. The summed E-state index contributed by atoms with van der Waals surface area (Å²) in [5.74, 6) is 0.258. The Morgan fingerprint density at radius 3 is 2.76 bits per heavy atom. The lowest BCUT2D eigenvalue weighted by Crippen LogP contribution is -2.28. The van der Waals surface area contributed by atoms with E-state index in [1.165, 1.54) is 31.2 Å². The molecule has 1 unspecified atom stereocenters. The minimum Gasteiger partial charge on any atom is -0.409 e. The first-order valence-electron chi connectivity index (χ1n) is 7.72. The lowest BCUT2D eigenvalue weighted by molar-refractivity contribution is 0.315. The first-order chi connectivity index (χ1) is 10.3. The number of nitrogens with one attached hydrogen (secondary N) is 1. The molecule has 0 radical (unpaired) electrons. The van der Waals surface area contributed by atoms with Crippen LogP contribution in [0.1, 0.15) is 50.1 Å². The van der Waals surface area contributed by atoms with Crippen LogP contribution in [0.15, 0.2) is 47.1 Å². The molecule has 0 aromatic heterocycles. The zero-order valence-corrected chi connectivity index (χ0v) is 12.5. The predicted molar refractivity (Wildman–Crippen MR) is 86.4 cm³/mol. The van der Waals surface area contributed by atoms with Crippen LogP contribution in [0, 0.1) is 0 Å². The van der Waals surface area contributed by atoms with E-state index < -0.39 is 0 Å². The van der Waals surface area contributed by atoms with Crippen molar-refractivity contribution in [2.45, 2.75) is 44.6 Å². The van der Waals surface area contributed by atoms with E-state index in [-0.39, 0.29) is 11.9 Å². The summed E-state index contributed by atoms with van der Waals surface area (Å²) in [5.41, 5.74) is 8.40. The summed E-state index contributed by atoms with van der Waals surface area (Å²) in [6.07, 6.45) is 9.08. The first-order valence-corrected chi connectivity index (χ1v) is 7.72. The number of nitrogens with two attached hydrogens (primary N) is 1. The van der Waals surface area contributed by atoms with E-state index in [0.29, 0.717) is 6.42 Å². The molecule has 4 nitrogen and oxygen atoms in total. The number of rotatable bonds is 7. The average Bonchev–Trinajstić information content (AvgIpc) is 2.55. The van der Waals surface area contributed by atoms with Gasteiger partial charge in [0.2, 0.25) is 0 Å². The Morgan fingerprint density at radius 2 is 2.10 bits per heavy atom. The van der Waals surface area contributed by atoms with Crippen molar-refractivity contribution >= 4 is 5.84 Å². The molecule has 1 atom stereocenters. The zero-order chi connectivity index (χ0) is 14.9. The molecule has 0 aliphatic heterocycles. The van der Waals surface area contributed by atoms with E-state index in [9.17, 15) is 0 Å². The molecule has 4 N–H and O–H groups in total. The van der Waals surface area contributed by atoms with E-state index in [4.69, 9.17) is 10.9 Å². The van der Waals surface area contributed by atoms with Gasteiger partial charge in [-0.25, -0.2) is 0 Å². The second-order valence-electron chi connectivity index (χ2n) is 5.57. The maximum absolute atomic E-state index is 8.79. The van der Waals surface area contributed by atoms with E-state index in [1.807, 2.05) is 18.2 Å². The van der Waals surface area contributed by atoms with E-state index in [1.54, 1.807) is 5.57 Å². The summed E-state index contributed by atoms with van der Waals surface area (Å²) < 4.78 is 0. The van der Waals surface area contributed by atoms with Gasteiger partial charge in [0.25, 0.3) is 0 Å². The maximum atomic E-state index is 8.79. The highest BCUT2D eigenvalue weighted by atomic mass is 16.4. The summed E-state index contributed by atoms with van der Waals surface area (Å²) in [6.45, 7) is 0.921. The van der Waals surface area contributed by atoms with Crippen LogP contribution >= 0.6 is 0 Å². The highest BCUT2D eigenvalue weighted by Crippen LogP contribution is 2.21. The van der Waals surface area contributed by atoms with Gasteiger partial charge in [-0.05, 0) is 44.2 Å². The second-order valence-corrected chi connectivity index (χ2v) is 5.57.